The Morgan fingerprint density at radius 1 is 1.15 bits per heavy atom. The van der Waals surface area contributed by atoms with E-state index in [0.29, 0.717) is 13.2 Å². The van der Waals surface area contributed by atoms with Crippen molar-refractivity contribution in [2.75, 3.05) is 24.7 Å². The minimum absolute atomic E-state index is 0.0808. The van der Waals surface area contributed by atoms with Crippen molar-refractivity contribution in [3.8, 4) is 11.5 Å². The van der Waals surface area contributed by atoms with Gasteiger partial charge in [-0.1, -0.05) is 18.9 Å². The van der Waals surface area contributed by atoms with E-state index in [1.165, 1.54) is 31.4 Å². The van der Waals surface area contributed by atoms with Gasteiger partial charge in [0.25, 0.3) is 0 Å². The van der Waals surface area contributed by atoms with Crippen LogP contribution in [0.15, 0.2) is 18.2 Å². The summed E-state index contributed by atoms with van der Waals surface area (Å²) in [7, 11) is 0. The first-order valence-electron chi connectivity index (χ1n) is 7.56. The molecule has 0 radical (unpaired) electrons. The lowest BCUT2D eigenvalue weighted by Crippen LogP contribution is -2.17. The summed E-state index contributed by atoms with van der Waals surface area (Å²) in [5, 5.41) is 0. The summed E-state index contributed by atoms with van der Waals surface area (Å²) in [5.74, 6) is 4.84. The summed E-state index contributed by atoms with van der Waals surface area (Å²) in [6.07, 6.45) is 5.65. The fraction of sp³-hybridized carbons (Fsp3) is 0.625. The molecule has 3 rings (SSSR count). The van der Waals surface area contributed by atoms with Crippen LogP contribution >= 0.6 is 11.8 Å². The van der Waals surface area contributed by atoms with Gasteiger partial charge in [-0.25, -0.2) is 0 Å². The standard InChI is InChI=1S/C16H23NO2S/c17-14(11-20-10-12-3-1-2-4-12)13-5-6-15-16(9-13)19-8-7-18-15/h5-6,9,12,14H,1-4,7-8,10-11,17H2. The van der Waals surface area contributed by atoms with E-state index in [-0.39, 0.29) is 6.04 Å². The molecule has 0 amide bonds. The van der Waals surface area contributed by atoms with Crippen molar-refractivity contribution in [2.24, 2.45) is 11.7 Å². The van der Waals surface area contributed by atoms with Crippen LogP contribution in [0.2, 0.25) is 0 Å². The number of hydrogen-bond donors (Lipinski definition) is 1. The lowest BCUT2D eigenvalue weighted by atomic mass is 10.1. The monoisotopic (exact) mass is 293 g/mol. The molecule has 1 aromatic carbocycles. The van der Waals surface area contributed by atoms with E-state index in [1.807, 2.05) is 23.9 Å². The van der Waals surface area contributed by atoms with Gasteiger partial charge in [0, 0.05) is 11.8 Å². The van der Waals surface area contributed by atoms with Gasteiger partial charge in [-0.05, 0) is 42.2 Å². The van der Waals surface area contributed by atoms with Gasteiger partial charge in [-0.15, -0.1) is 0 Å². The fourth-order valence-corrected chi connectivity index (χ4v) is 4.17. The van der Waals surface area contributed by atoms with Crippen LogP contribution in [0.5, 0.6) is 11.5 Å². The maximum Gasteiger partial charge on any atom is 0.161 e. The number of fused-ring (bicyclic) bond motifs is 1. The molecule has 1 aromatic rings. The second-order valence-electron chi connectivity index (χ2n) is 5.70. The van der Waals surface area contributed by atoms with E-state index in [9.17, 15) is 0 Å². The Bertz CT molecular complexity index is 446. The SMILES string of the molecule is NC(CSCC1CCCC1)c1ccc2c(c1)OCCO2. The lowest BCUT2D eigenvalue weighted by molar-refractivity contribution is 0.171. The molecule has 1 aliphatic heterocycles. The zero-order valence-corrected chi connectivity index (χ0v) is 12.7. The molecule has 4 heteroatoms. The maximum absolute atomic E-state index is 6.30. The van der Waals surface area contributed by atoms with Gasteiger partial charge in [0.2, 0.25) is 0 Å². The average molecular weight is 293 g/mol. The normalized spacial score (nSPS) is 20.1. The van der Waals surface area contributed by atoms with E-state index in [0.717, 1.165) is 28.7 Å². The predicted octanol–water partition coefficient (Wildman–Crippen LogP) is 3.38. The zero-order valence-electron chi connectivity index (χ0n) is 11.8. The number of ether oxygens (including phenoxy) is 2. The van der Waals surface area contributed by atoms with Crippen LogP contribution in [0.3, 0.4) is 0 Å². The maximum atomic E-state index is 6.30. The van der Waals surface area contributed by atoms with Crippen LogP contribution in [-0.4, -0.2) is 24.7 Å². The molecule has 1 unspecified atom stereocenters. The van der Waals surface area contributed by atoms with Crippen molar-refractivity contribution in [1.82, 2.24) is 0 Å². The third-order valence-electron chi connectivity index (χ3n) is 4.12. The van der Waals surface area contributed by atoms with Crippen molar-refractivity contribution in [1.29, 1.82) is 0 Å². The molecule has 1 heterocycles. The molecule has 1 atom stereocenters. The van der Waals surface area contributed by atoms with Crippen molar-refractivity contribution in [2.45, 2.75) is 31.7 Å². The first-order chi connectivity index (χ1) is 9.83. The van der Waals surface area contributed by atoms with Crippen LogP contribution in [0.25, 0.3) is 0 Å². The third-order valence-corrected chi connectivity index (χ3v) is 5.42. The number of hydrogen-bond acceptors (Lipinski definition) is 4. The van der Waals surface area contributed by atoms with Gasteiger partial charge in [0.15, 0.2) is 11.5 Å². The summed E-state index contributed by atoms with van der Waals surface area (Å²) in [4.78, 5) is 0. The summed E-state index contributed by atoms with van der Waals surface area (Å²) in [6.45, 7) is 1.26. The Morgan fingerprint density at radius 2 is 1.90 bits per heavy atom. The topological polar surface area (TPSA) is 44.5 Å². The Hall–Kier alpha value is -0.870. The van der Waals surface area contributed by atoms with Crippen LogP contribution < -0.4 is 15.2 Å². The lowest BCUT2D eigenvalue weighted by Gasteiger charge is -2.20. The van der Waals surface area contributed by atoms with Crippen molar-refractivity contribution in [3.63, 3.8) is 0 Å². The van der Waals surface area contributed by atoms with Crippen molar-refractivity contribution < 1.29 is 9.47 Å². The second-order valence-corrected chi connectivity index (χ2v) is 6.77. The highest BCUT2D eigenvalue weighted by molar-refractivity contribution is 7.99. The molecule has 0 bridgehead atoms. The van der Waals surface area contributed by atoms with Gasteiger partial charge in [0.05, 0.1) is 0 Å². The van der Waals surface area contributed by atoms with Gasteiger partial charge in [-0.3, -0.25) is 0 Å². The Kier molecular flexibility index (Phi) is 4.73. The Balaban J connectivity index is 1.52. The molecule has 1 fully saturated rings. The van der Waals surface area contributed by atoms with Gasteiger partial charge >= 0.3 is 0 Å². The third kappa shape index (κ3) is 3.41. The molecule has 0 spiro atoms. The number of rotatable bonds is 5. The van der Waals surface area contributed by atoms with E-state index in [1.54, 1.807) is 0 Å². The Morgan fingerprint density at radius 3 is 2.70 bits per heavy atom. The molecule has 0 aromatic heterocycles. The van der Waals surface area contributed by atoms with Crippen LogP contribution in [0.1, 0.15) is 37.3 Å². The van der Waals surface area contributed by atoms with Crippen molar-refractivity contribution >= 4 is 11.8 Å². The molecule has 2 aliphatic rings. The molecule has 20 heavy (non-hydrogen) atoms. The van der Waals surface area contributed by atoms with Crippen molar-refractivity contribution in [3.05, 3.63) is 23.8 Å². The molecular weight excluding hydrogens is 270 g/mol. The molecule has 3 nitrogen and oxygen atoms in total. The number of benzene rings is 1. The highest BCUT2D eigenvalue weighted by Crippen LogP contribution is 2.33. The average Bonchev–Trinajstić information content (AvgIpc) is 3.00. The second kappa shape index (κ2) is 6.72. The van der Waals surface area contributed by atoms with E-state index < -0.39 is 0 Å². The summed E-state index contributed by atoms with van der Waals surface area (Å²) < 4.78 is 11.1. The van der Waals surface area contributed by atoms with E-state index >= 15 is 0 Å². The van der Waals surface area contributed by atoms with Gasteiger partial charge in [0.1, 0.15) is 13.2 Å². The van der Waals surface area contributed by atoms with E-state index in [2.05, 4.69) is 6.07 Å². The van der Waals surface area contributed by atoms with E-state index in [4.69, 9.17) is 15.2 Å². The van der Waals surface area contributed by atoms with Gasteiger partial charge < -0.3 is 15.2 Å². The quantitative estimate of drug-likeness (QED) is 0.904. The highest BCUT2D eigenvalue weighted by Gasteiger charge is 2.17. The molecule has 110 valence electrons. The summed E-state index contributed by atoms with van der Waals surface area (Å²) >= 11 is 1.99. The molecule has 2 N–H and O–H groups in total. The molecule has 1 saturated carbocycles. The highest BCUT2D eigenvalue weighted by atomic mass is 32.2. The number of thioether (sulfide) groups is 1. The Labute approximate surface area is 125 Å². The summed E-state index contributed by atoms with van der Waals surface area (Å²) in [5.41, 5.74) is 7.44. The van der Waals surface area contributed by atoms with Gasteiger partial charge in [-0.2, -0.15) is 11.8 Å². The largest absolute Gasteiger partial charge is 0.486 e. The minimum atomic E-state index is 0.0808. The number of nitrogens with two attached hydrogens (primary N) is 1. The first kappa shape index (κ1) is 14.1. The zero-order chi connectivity index (χ0) is 13.8. The fourth-order valence-electron chi connectivity index (χ4n) is 2.93. The minimum Gasteiger partial charge on any atom is -0.486 e. The van der Waals surface area contributed by atoms with Crippen LogP contribution in [-0.2, 0) is 0 Å². The molecule has 0 saturated heterocycles. The molecule has 1 aliphatic carbocycles. The predicted molar refractivity (Wildman–Crippen MR) is 83.6 cm³/mol. The summed E-state index contributed by atoms with van der Waals surface area (Å²) in [6, 6.07) is 6.16. The van der Waals surface area contributed by atoms with Crippen LogP contribution in [0, 0.1) is 5.92 Å². The molecular formula is C16H23NO2S. The smallest absolute Gasteiger partial charge is 0.161 e. The van der Waals surface area contributed by atoms with Crippen LogP contribution in [0.4, 0.5) is 0 Å². The first-order valence-corrected chi connectivity index (χ1v) is 8.71.